The lowest BCUT2D eigenvalue weighted by Gasteiger charge is -2.16. The van der Waals surface area contributed by atoms with Crippen LogP contribution in [-0.2, 0) is 34.5 Å². The van der Waals surface area contributed by atoms with E-state index in [1.807, 2.05) is 0 Å². The Morgan fingerprint density at radius 1 is 1.19 bits per heavy atom. The van der Waals surface area contributed by atoms with E-state index in [1.165, 1.54) is 28.1 Å². The van der Waals surface area contributed by atoms with Crippen molar-refractivity contribution in [3.8, 4) is 5.75 Å². The molecule has 10 heteroatoms. The van der Waals surface area contributed by atoms with E-state index in [1.54, 1.807) is 24.3 Å². The minimum atomic E-state index is -3.98. The number of amides is 1. The summed E-state index contributed by atoms with van der Waals surface area (Å²) in [6.07, 6.45) is 0. The second-order valence-electron chi connectivity index (χ2n) is 6.01. The minimum Gasteiger partial charge on any atom is -0.495 e. The second kappa shape index (κ2) is 7.78. The van der Waals surface area contributed by atoms with Crippen LogP contribution >= 0.6 is 0 Å². The van der Waals surface area contributed by atoms with E-state index in [-0.39, 0.29) is 5.69 Å². The highest BCUT2D eigenvalue weighted by atomic mass is 32.2. The molecule has 0 spiro atoms. The molecule has 0 aliphatic heterocycles. The maximum atomic E-state index is 12.6. The quantitative estimate of drug-likeness (QED) is 0.738. The number of carbonyl (C=O) groups is 1. The van der Waals surface area contributed by atoms with E-state index < -0.39 is 38.0 Å². The number of ether oxygens (including phenoxy) is 1. The van der Waals surface area contributed by atoms with Crippen LogP contribution in [0.4, 0.5) is 5.69 Å². The molecule has 0 unspecified atom stereocenters. The van der Waals surface area contributed by atoms with Gasteiger partial charge in [0.1, 0.15) is 11.0 Å². The van der Waals surface area contributed by atoms with Gasteiger partial charge in [0.25, 0.3) is 5.56 Å². The average Bonchev–Trinajstić information content (AvgIpc) is 2.63. The molecule has 1 atom stereocenters. The molecule has 146 valence electrons. The summed E-state index contributed by atoms with van der Waals surface area (Å²) in [6.45, 7) is 1.25. The molecule has 0 bridgehead atoms. The zero-order valence-electron chi connectivity index (χ0n) is 15.4. The topological polar surface area (TPSA) is 116 Å². The molecule has 1 aromatic carbocycles. The van der Waals surface area contributed by atoms with Crippen LogP contribution in [-0.4, -0.2) is 35.8 Å². The smallest absolute Gasteiger partial charge is 0.330 e. The lowest BCUT2D eigenvalue weighted by molar-refractivity contribution is -0.115. The molecule has 1 aromatic heterocycles. The molecule has 0 saturated carbocycles. The molecule has 9 nitrogen and oxygen atoms in total. The SMILES string of the molecule is COc1ccccc1NC(=O)[C@@H](C)S(=O)(=O)Cc1cc(=O)n(C)c(=O)n1C. The van der Waals surface area contributed by atoms with Gasteiger partial charge >= 0.3 is 5.69 Å². The number of hydrogen-bond acceptors (Lipinski definition) is 6. The summed E-state index contributed by atoms with van der Waals surface area (Å²) < 4.78 is 32.3. The third kappa shape index (κ3) is 4.27. The molecule has 2 rings (SSSR count). The third-order valence-corrected chi connectivity index (χ3v) is 6.24. The lowest BCUT2D eigenvalue weighted by Crippen LogP contribution is -2.40. The summed E-state index contributed by atoms with van der Waals surface area (Å²) in [4.78, 5) is 36.1. The first-order valence-electron chi connectivity index (χ1n) is 8.00. The average molecular weight is 395 g/mol. The van der Waals surface area contributed by atoms with Crippen LogP contribution in [0.15, 0.2) is 39.9 Å². The number of carbonyl (C=O) groups excluding carboxylic acids is 1. The van der Waals surface area contributed by atoms with Crippen LogP contribution in [0, 0.1) is 0 Å². The summed E-state index contributed by atoms with van der Waals surface area (Å²) in [7, 11) is 0.115. The highest BCUT2D eigenvalue weighted by Crippen LogP contribution is 2.23. The van der Waals surface area contributed by atoms with Crippen molar-refractivity contribution in [2.24, 2.45) is 14.1 Å². The van der Waals surface area contributed by atoms with Crippen LogP contribution in [0.25, 0.3) is 0 Å². The number of aromatic nitrogens is 2. The van der Waals surface area contributed by atoms with Gasteiger partial charge in [0.05, 0.1) is 18.6 Å². The van der Waals surface area contributed by atoms with E-state index in [9.17, 15) is 22.8 Å². The minimum absolute atomic E-state index is 0.0139. The number of benzene rings is 1. The Morgan fingerprint density at radius 3 is 2.44 bits per heavy atom. The Bertz CT molecular complexity index is 1080. The molecule has 0 aliphatic carbocycles. The standard InChI is InChI=1S/C17H21N3O6S/c1-11(16(22)18-13-7-5-6-8-14(13)26-4)27(24,25)10-12-9-15(21)20(3)17(23)19(12)2/h5-9,11H,10H2,1-4H3,(H,18,22)/t11-/m1/s1. The normalized spacial score (nSPS) is 12.4. The largest absolute Gasteiger partial charge is 0.495 e. The van der Waals surface area contributed by atoms with E-state index in [4.69, 9.17) is 4.74 Å². The second-order valence-corrected chi connectivity index (χ2v) is 8.33. The summed E-state index contributed by atoms with van der Waals surface area (Å²) in [5.74, 6) is -0.965. The number of para-hydroxylation sites is 2. The number of anilines is 1. The van der Waals surface area contributed by atoms with Gasteiger partial charge in [-0.25, -0.2) is 13.2 Å². The fourth-order valence-electron chi connectivity index (χ4n) is 2.39. The van der Waals surface area contributed by atoms with Gasteiger partial charge in [-0.1, -0.05) is 12.1 Å². The van der Waals surface area contributed by atoms with Crippen LogP contribution < -0.4 is 21.3 Å². The lowest BCUT2D eigenvalue weighted by atomic mass is 10.3. The van der Waals surface area contributed by atoms with Crippen LogP contribution in [0.3, 0.4) is 0 Å². The van der Waals surface area contributed by atoms with Crippen molar-refractivity contribution < 1.29 is 17.9 Å². The van der Waals surface area contributed by atoms with E-state index in [0.717, 1.165) is 15.2 Å². The first-order valence-corrected chi connectivity index (χ1v) is 9.71. The summed E-state index contributed by atoms with van der Waals surface area (Å²) in [5.41, 5.74) is -0.902. The van der Waals surface area contributed by atoms with Crippen molar-refractivity contribution in [3.05, 3.63) is 56.9 Å². The molecule has 0 radical (unpaired) electrons. The van der Waals surface area contributed by atoms with E-state index >= 15 is 0 Å². The first-order chi connectivity index (χ1) is 12.6. The van der Waals surface area contributed by atoms with E-state index in [0.29, 0.717) is 11.4 Å². The van der Waals surface area contributed by atoms with Gasteiger partial charge in [0, 0.05) is 25.9 Å². The van der Waals surface area contributed by atoms with E-state index in [2.05, 4.69) is 5.32 Å². The van der Waals surface area contributed by atoms with Gasteiger partial charge in [-0.15, -0.1) is 0 Å². The number of nitrogens with one attached hydrogen (secondary N) is 1. The molecular weight excluding hydrogens is 374 g/mol. The molecule has 0 fully saturated rings. The highest BCUT2D eigenvalue weighted by Gasteiger charge is 2.30. The van der Waals surface area contributed by atoms with Crippen molar-refractivity contribution in [2.45, 2.75) is 17.9 Å². The predicted molar refractivity (Wildman–Crippen MR) is 101 cm³/mol. The summed E-state index contributed by atoms with van der Waals surface area (Å²) in [6, 6.07) is 7.67. The fraction of sp³-hybridized carbons (Fsp3) is 0.353. The monoisotopic (exact) mass is 395 g/mol. The maximum Gasteiger partial charge on any atom is 0.330 e. The molecule has 1 N–H and O–H groups in total. The van der Waals surface area contributed by atoms with Crippen molar-refractivity contribution in [2.75, 3.05) is 12.4 Å². The van der Waals surface area contributed by atoms with Gasteiger partial charge in [-0.05, 0) is 19.1 Å². The summed E-state index contributed by atoms with van der Waals surface area (Å²) in [5, 5.41) is 1.12. The van der Waals surface area contributed by atoms with Crippen LogP contribution in [0.2, 0.25) is 0 Å². The molecule has 0 saturated heterocycles. The van der Waals surface area contributed by atoms with Crippen molar-refractivity contribution >= 4 is 21.4 Å². The van der Waals surface area contributed by atoms with Crippen molar-refractivity contribution in [1.29, 1.82) is 0 Å². The first kappa shape index (κ1) is 20.4. The Balaban J connectivity index is 2.27. The van der Waals surface area contributed by atoms with Gasteiger partial charge in [-0.2, -0.15) is 0 Å². The van der Waals surface area contributed by atoms with Crippen molar-refractivity contribution in [1.82, 2.24) is 9.13 Å². The number of sulfone groups is 1. The molecule has 1 heterocycles. The van der Waals surface area contributed by atoms with Gasteiger partial charge < -0.3 is 10.1 Å². The van der Waals surface area contributed by atoms with Crippen LogP contribution in [0.5, 0.6) is 5.75 Å². The predicted octanol–water partition coefficient (Wildman–Crippen LogP) is 0.0346. The van der Waals surface area contributed by atoms with Crippen LogP contribution in [0.1, 0.15) is 12.6 Å². The maximum absolute atomic E-state index is 12.6. The summed E-state index contributed by atoms with van der Waals surface area (Å²) >= 11 is 0. The number of hydrogen-bond donors (Lipinski definition) is 1. The Kier molecular flexibility index (Phi) is 5.89. The Labute approximate surface area is 156 Å². The molecule has 0 aliphatic rings. The van der Waals surface area contributed by atoms with Gasteiger partial charge in [0.15, 0.2) is 9.84 Å². The van der Waals surface area contributed by atoms with Gasteiger partial charge in [0.2, 0.25) is 5.91 Å². The molecule has 27 heavy (non-hydrogen) atoms. The highest BCUT2D eigenvalue weighted by molar-refractivity contribution is 7.92. The number of rotatable bonds is 6. The third-order valence-electron chi connectivity index (χ3n) is 4.25. The number of methoxy groups -OCH3 is 1. The molecular formula is C17H21N3O6S. The Morgan fingerprint density at radius 2 is 1.81 bits per heavy atom. The number of nitrogens with zero attached hydrogens (tertiary/aromatic N) is 2. The Hall–Kier alpha value is -2.88. The zero-order valence-corrected chi connectivity index (χ0v) is 16.2. The fourth-order valence-corrected chi connectivity index (χ4v) is 3.72. The molecule has 2 aromatic rings. The van der Waals surface area contributed by atoms with Crippen molar-refractivity contribution in [3.63, 3.8) is 0 Å². The van der Waals surface area contributed by atoms with Gasteiger partial charge in [-0.3, -0.25) is 18.7 Å². The molecule has 1 amide bonds. The zero-order chi connectivity index (χ0) is 20.4.